The second kappa shape index (κ2) is 6.48. The van der Waals surface area contributed by atoms with Gasteiger partial charge in [-0.25, -0.2) is 0 Å². The Morgan fingerprint density at radius 3 is 2.93 bits per heavy atom. The molecule has 0 spiro atoms. The Hall–Kier alpha value is -1.00. The molecule has 0 aliphatic rings. The molecule has 0 atom stereocenters. The minimum atomic E-state index is 0.109. The third kappa shape index (κ3) is 4.36. The average molecular weight is 224 g/mol. The van der Waals surface area contributed by atoms with E-state index in [-0.39, 0.29) is 12.4 Å². The molecule has 1 aromatic rings. The van der Waals surface area contributed by atoms with Gasteiger partial charge >= 0.3 is 0 Å². The SMILES string of the molecule is N=C(N)c1cccc(CSCCCO)c1. The fraction of sp³-hybridized carbons (Fsp3) is 0.364. The van der Waals surface area contributed by atoms with Crippen molar-refractivity contribution in [2.24, 2.45) is 5.73 Å². The van der Waals surface area contributed by atoms with Crippen LogP contribution >= 0.6 is 11.8 Å². The molecule has 15 heavy (non-hydrogen) atoms. The highest BCUT2D eigenvalue weighted by atomic mass is 32.2. The van der Waals surface area contributed by atoms with Gasteiger partial charge in [0.1, 0.15) is 5.84 Å². The van der Waals surface area contributed by atoms with Crippen molar-refractivity contribution in [2.75, 3.05) is 12.4 Å². The van der Waals surface area contributed by atoms with Gasteiger partial charge in [-0.15, -0.1) is 0 Å². The maximum absolute atomic E-state index is 8.62. The van der Waals surface area contributed by atoms with Crippen molar-refractivity contribution in [3.63, 3.8) is 0 Å². The van der Waals surface area contributed by atoms with E-state index in [0.717, 1.165) is 23.5 Å². The Bertz CT molecular complexity index is 328. The summed E-state index contributed by atoms with van der Waals surface area (Å²) < 4.78 is 0. The number of nitrogens with one attached hydrogen (secondary N) is 1. The van der Waals surface area contributed by atoms with E-state index in [9.17, 15) is 0 Å². The van der Waals surface area contributed by atoms with Crippen LogP contribution in [0.1, 0.15) is 17.5 Å². The summed E-state index contributed by atoms with van der Waals surface area (Å²) in [5.41, 5.74) is 7.35. The van der Waals surface area contributed by atoms with Crippen LogP contribution in [0.3, 0.4) is 0 Å². The van der Waals surface area contributed by atoms with Crippen LogP contribution in [0.15, 0.2) is 24.3 Å². The van der Waals surface area contributed by atoms with Gasteiger partial charge in [-0.1, -0.05) is 18.2 Å². The molecule has 0 bridgehead atoms. The Morgan fingerprint density at radius 1 is 1.47 bits per heavy atom. The predicted molar refractivity (Wildman–Crippen MR) is 65.3 cm³/mol. The Balaban J connectivity index is 2.47. The number of aliphatic hydroxyl groups excluding tert-OH is 1. The van der Waals surface area contributed by atoms with Gasteiger partial charge in [-0.3, -0.25) is 5.41 Å². The molecule has 0 fully saturated rings. The van der Waals surface area contributed by atoms with E-state index in [1.54, 1.807) is 11.8 Å². The van der Waals surface area contributed by atoms with Crippen LogP contribution < -0.4 is 5.73 Å². The predicted octanol–water partition coefficient (Wildman–Crippen LogP) is 1.59. The fourth-order valence-corrected chi connectivity index (χ4v) is 2.08. The van der Waals surface area contributed by atoms with Crippen molar-refractivity contribution in [3.05, 3.63) is 35.4 Å². The molecule has 0 unspecified atom stereocenters. The molecule has 4 N–H and O–H groups in total. The van der Waals surface area contributed by atoms with Crippen LogP contribution in [0.2, 0.25) is 0 Å². The summed E-state index contributed by atoms with van der Waals surface area (Å²) in [7, 11) is 0. The van der Waals surface area contributed by atoms with Crippen molar-refractivity contribution < 1.29 is 5.11 Å². The van der Waals surface area contributed by atoms with E-state index in [1.807, 2.05) is 24.3 Å². The average Bonchev–Trinajstić information content (AvgIpc) is 2.25. The number of nitrogen functional groups attached to an aromatic ring is 1. The third-order valence-electron chi connectivity index (χ3n) is 1.95. The highest BCUT2D eigenvalue weighted by Gasteiger charge is 1.98. The van der Waals surface area contributed by atoms with Gasteiger partial charge in [-0.05, 0) is 23.8 Å². The lowest BCUT2D eigenvalue weighted by atomic mass is 10.1. The Morgan fingerprint density at radius 2 is 2.27 bits per heavy atom. The Kier molecular flexibility index (Phi) is 5.21. The second-order valence-electron chi connectivity index (χ2n) is 3.24. The minimum Gasteiger partial charge on any atom is -0.396 e. The van der Waals surface area contributed by atoms with Crippen LogP contribution in [-0.2, 0) is 5.75 Å². The van der Waals surface area contributed by atoms with E-state index in [0.29, 0.717) is 0 Å². The van der Waals surface area contributed by atoms with Gasteiger partial charge in [-0.2, -0.15) is 11.8 Å². The van der Waals surface area contributed by atoms with Gasteiger partial charge in [0.25, 0.3) is 0 Å². The smallest absolute Gasteiger partial charge is 0.122 e. The molecule has 0 aliphatic heterocycles. The number of thioether (sulfide) groups is 1. The van der Waals surface area contributed by atoms with Crippen molar-refractivity contribution in [2.45, 2.75) is 12.2 Å². The molecule has 0 saturated carbocycles. The molecule has 1 aromatic carbocycles. The van der Waals surface area contributed by atoms with Gasteiger partial charge in [0, 0.05) is 17.9 Å². The second-order valence-corrected chi connectivity index (χ2v) is 4.35. The lowest BCUT2D eigenvalue weighted by Crippen LogP contribution is -2.10. The summed E-state index contributed by atoms with van der Waals surface area (Å²) in [6, 6.07) is 7.72. The number of nitrogens with two attached hydrogens (primary N) is 1. The molecule has 4 heteroatoms. The molecular weight excluding hydrogens is 208 g/mol. The zero-order valence-corrected chi connectivity index (χ0v) is 9.39. The highest BCUT2D eigenvalue weighted by molar-refractivity contribution is 7.98. The lowest BCUT2D eigenvalue weighted by Gasteiger charge is -2.03. The largest absolute Gasteiger partial charge is 0.396 e. The Labute approximate surface area is 94.2 Å². The number of rotatable bonds is 6. The molecule has 0 aromatic heterocycles. The van der Waals surface area contributed by atoms with Crippen LogP contribution in [0, 0.1) is 5.41 Å². The van der Waals surface area contributed by atoms with Crippen molar-refractivity contribution in [1.29, 1.82) is 5.41 Å². The summed E-state index contributed by atoms with van der Waals surface area (Å²) in [6.45, 7) is 0.250. The molecule has 1 rings (SSSR count). The molecule has 0 heterocycles. The number of amidine groups is 1. The number of hydrogen-bond donors (Lipinski definition) is 3. The number of hydrogen-bond acceptors (Lipinski definition) is 3. The van der Waals surface area contributed by atoms with Crippen LogP contribution in [0.25, 0.3) is 0 Å². The first-order chi connectivity index (χ1) is 7.24. The number of aliphatic hydroxyl groups is 1. The maximum atomic E-state index is 8.62. The fourth-order valence-electron chi connectivity index (χ4n) is 1.19. The first-order valence-electron chi connectivity index (χ1n) is 4.86. The standard InChI is InChI=1S/C11H16N2OS/c12-11(13)10-4-1-3-9(7-10)8-15-6-2-5-14/h1,3-4,7,14H,2,5-6,8H2,(H3,12,13). The van der Waals surface area contributed by atoms with E-state index in [2.05, 4.69) is 0 Å². The van der Waals surface area contributed by atoms with E-state index in [1.165, 1.54) is 5.56 Å². The van der Waals surface area contributed by atoms with E-state index in [4.69, 9.17) is 16.2 Å². The van der Waals surface area contributed by atoms with Crippen molar-refractivity contribution >= 4 is 17.6 Å². The van der Waals surface area contributed by atoms with Crippen LogP contribution in [0.4, 0.5) is 0 Å². The van der Waals surface area contributed by atoms with Gasteiger partial charge in [0.15, 0.2) is 0 Å². The molecule has 0 aliphatic carbocycles. The highest BCUT2D eigenvalue weighted by Crippen LogP contribution is 2.14. The van der Waals surface area contributed by atoms with Gasteiger partial charge < -0.3 is 10.8 Å². The maximum Gasteiger partial charge on any atom is 0.122 e. The van der Waals surface area contributed by atoms with Gasteiger partial charge in [0.2, 0.25) is 0 Å². The van der Waals surface area contributed by atoms with Crippen molar-refractivity contribution in [3.8, 4) is 0 Å². The molecule has 3 nitrogen and oxygen atoms in total. The molecule has 0 radical (unpaired) electrons. The normalized spacial score (nSPS) is 10.2. The summed E-state index contributed by atoms with van der Waals surface area (Å²) in [5, 5.41) is 15.9. The van der Waals surface area contributed by atoms with Crippen LogP contribution in [0.5, 0.6) is 0 Å². The molecule has 82 valence electrons. The van der Waals surface area contributed by atoms with E-state index < -0.39 is 0 Å². The summed E-state index contributed by atoms with van der Waals surface area (Å²) >= 11 is 1.78. The monoisotopic (exact) mass is 224 g/mol. The number of benzene rings is 1. The first kappa shape index (κ1) is 12.1. The van der Waals surface area contributed by atoms with Gasteiger partial charge in [0.05, 0.1) is 0 Å². The third-order valence-corrected chi connectivity index (χ3v) is 3.07. The molecule has 0 amide bonds. The minimum absolute atomic E-state index is 0.109. The molecule has 0 saturated heterocycles. The molecular formula is C11H16N2OS. The van der Waals surface area contributed by atoms with Crippen LogP contribution in [-0.4, -0.2) is 23.3 Å². The summed E-state index contributed by atoms with van der Waals surface area (Å²) in [4.78, 5) is 0. The summed E-state index contributed by atoms with van der Waals surface area (Å²) in [5.74, 6) is 1.97. The zero-order chi connectivity index (χ0) is 11.1. The zero-order valence-electron chi connectivity index (χ0n) is 8.57. The van der Waals surface area contributed by atoms with Crippen molar-refractivity contribution in [1.82, 2.24) is 0 Å². The topological polar surface area (TPSA) is 70.1 Å². The lowest BCUT2D eigenvalue weighted by molar-refractivity contribution is 0.296. The summed E-state index contributed by atoms with van der Waals surface area (Å²) in [6.07, 6.45) is 0.830. The quantitative estimate of drug-likeness (QED) is 0.390. The van der Waals surface area contributed by atoms with E-state index >= 15 is 0 Å². The first-order valence-corrected chi connectivity index (χ1v) is 6.01.